The van der Waals surface area contributed by atoms with E-state index in [2.05, 4.69) is 57.4 Å². The van der Waals surface area contributed by atoms with Gasteiger partial charge < -0.3 is 21.1 Å². The summed E-state index contributed by atoms with van der Waals surface area (Å²) in [4.78, 5) is 12.5. The van der Waals surface area contributed by atoms with Crippen LogP contribution in [0.1, 0.15) is 118 Å². The molecule has 4 N–H and O–H groups in total. The second-order valence-corrected chi connectivity index (χ2v) is 15.1. The number of hydrogen-bond acceptors (Lipinski definition) is 4. The maximum absolute atomic E-state index is 12.5. The van der Waals surface area contributed by atoms with Gasteiger partial charge in [-0.25, -0.2) is 4.79 Å². The van der Waals surface area contributed by atoms with Gasteiger partial charge in [0.1, 0.15) is 6.10 Å². The lowest BCUT2D eigenvalue weighted by Gasteiger charge is -2.59. The lowest BCUT2D eigenvalue weighted by atomic mass is 9.46. The van der Waals surface area contributed by atoms with Crippen LogP contribution in [0.15, 0.2) is 12.2 Å². The molecule has 0 bridgehead atoms. The van der Waals surface area contributed by atoms with Gasteiger partial charge in [-0.3, -0.25) is 0 Å². The van der Waals surface area contributed by atoms with Crippen LogP contribution >= 0.6 is 0 Å². The molecule has 0 aromatic carbocycles. The van der Waals surface area contributed by atoms with Gasteiger partial charge >= 0.3 is 6.09 Å². The zero-order valence-corrected chi connectivity index (χ0v) is 26.7. The number of alkyl carbamates (subject to hydrolysis) is 1. The molecule has 0 aromatic heterocycles. The van der Waals surface area contributed by atoms with Gasteiger partial charge in [0.15, 0.2) is 0 Å². The minimum atomic E-state index is -0.227. The normalized spacial score (nSPS) is 37.5. The molecule has 0 aromatic rings. The minimum Gasteiger partial charge on any atom is -0.446 e. The summed E-state index contributed by atoms with van der Waals surface area (Å²) in [5.74, 6) is 5.53. The molecule has 0 spiro atoms. The number of rotatable bonds is 14. The molecule has 3 saturated carbocycles. The minimum absolute atomic E-state index is 0.0496. The standard InChI is InChI=1S/C35H63N3O2/c1-25(2)10-8-11-26(3)30-14-15-31-29-13-12-27-24-28(16-18-34(27,4)32(29)17-19-35(30,31)5)40-33(39)38-23-7-6-21-37-22-9-20-36/h12-13,25-32,37H,6-11,14-24,36H2,1-5H3,(H,38,39). The number of carbonyl (C=O) groups excluding carboxylic acids is 1. The molecular formula is C35H63N3O2. The fourth-order valence-electron chi connectivity index (χ4n) is 9.82. The summed E-state index contributed by atoms with van der Waals surface area (Å²) in [5, 5.41) is 6.38. The lowest BCUT2D eigenvalue weighted by molar-refractivity contribution is -0.0826. The Labute approximate surface area is 246 Å². The zero-order chi connectivity index (χ0) is 28.8. The summed E-state index contributed by atoms with van der Waals surface area (Å²) in [5.41, 5.74) is 6.40. The first-order valence-corrected chi connectivity index (χ1v) is 17.2. The van der Waals surface area contributed by atoms with Crippen molar-refractivity contribution < 1.29 is 9.53 Å². The number of unbranched alkanes of at least 4 members (excludes halogenated alkanes) is 1. The van der Waals surface area contributed by atoms with Crippen molar-refractivity contribution in [1.82, 2.24) is 10.6 Å². The van der Waals surface area contributed by atoms with Crippen molar-refractivity contribution in [3.05, 3.63) is 12.2 Å². The fourth-order valence-corrected chi connectivity index (χ4v) is 9.82. The third-order valence-corrected chi connectivity index (χ3v) is 12.2. The molecule has 4 aliphatic carbocycles. The van der Waals surface area contributed by atoms with Crippen LogP contribution in [0.5, 0.6) is 0 Å². The van der Waals surface area contributed by atoms with Gasteiger partial charge in [-0.2, -0.15) is 0 Å². The van der Waals surface area contributed by atoms with Crippen LogP contribution in [0.3, 0.4) is 0 Å². The highest BCUT2D eigenvalue weighted by molar-refractivity contribution is 5.67. The average molecular weight is 558 g/mol. The van der Waals surface area contributed by atoms with Gasteiger partial charge in [-0.05, 0) is 136 Å². The molecular weight excluding hydrogens is 494 g/mol. The summed E-state index contributed by atoms with van der Waals surface area (Å²) in [6.45, 7) is 15.9. The first kappa shape index (κ1) is 31.9. The van der Waals surface area contributed by atoms with E-state index in [1.165, 1.54) is 51.4 Å². The molecule has 5 heteroatoms. The number of nitrogens with one attached hydrogen (secondary N) is 2. The van der Waals surface area contributed by atoms with Crippen molar-refractivity contribution in [3.63, 3.8) is 0 Å². The number of ether oxygens (including phenoxy) is 1. The van der Waals surface area contributed by atoms with Crippen LogP contribution in [0.25, 0.3) is 0 Å². The Hall–Kier alpha value is -1.07. The van der Waals surface area contributed by atoms with Gasteiger partial charge in [0.05, 0.1) is 0 Å². The maximum atomic E-state index is 12.5. The Morgan fingerprint density at radius 1 is 0.900 bits per heavy atom. The molecule has 3 fully saturated rings. The van der Waals surface area contributed by atoms with E-state index in [1.807, 2.05) is 0 Å². The number of fused-ring (bicyclic) bond motifs is 5. The second-order valence-electron chi connectivity index (χ2n) is 15.1. The predicted octanol–water partition coefficient (Wildman–Crippen LogP) is 7.70. The van der Waals surface area contributed by atoms with Crippen LogP contribution in [-0.2, 0) is 4.74 Å². The summed E-state index contributed by atoms with van der Waals surface area (Å²) in [6, 6.07) is 0. The number of nitrogens with two attached hydrogens (primary N) is 1. The smallest absolute Gasteiger partial charge is 0.407 e. The molecule has 230 valence electrons. The van der Waals surface area contributed by atoms with Crippen LogP contribution in [0, 0.1) is 52.3 Å². The monoisotopic (exact) mass is 557 g/mol. The van der Waals surface area contributed by atoms with Gasteiger partial charge in [0, 0.05) is 6.54 Å². The quantitative estimate of drug-likeness (QED) is 0.151. The van der Waals surface area contributed by atoms with Crippen molar-refractivity contribution >= 4 is 6.09 Å². The molecule has 0 heterocycles. The van der Waals surface area contributed by atoms with Crippen molar-refractivity contribution in [3.8, 4) is 0 Å². The SMILES string of the molecule is CC(C)CCCC(C)C1CCC2C3C=CC4CC(OC(=O)NCCCCNCCCN)CCC4(C)C3CCC12C. The van der Waals surface area contributed by atoms with E-state index in [0.717, 1.165) is 87.2 Å². The topological polar surface area (TPSA) is 76.4 Å². The van der Waals surface area contributed by atoms with E-state index in [4.69, 9.17) is 10.5 Å². The predicted molar refractivity (Wildman–Crippen MR) is 167 cm³/mol. The largest absolute Gasteiger partial charge is 0.446 e. The molecule has 0 radical (unpaired) electrons. The molecule has 9 atom stereocenters. The Bertz CT molecular complexity index is 829. The number of allylic oxidation sites excluding steroid dienone is 2. The van der Waals surface area contributed by atoms with Crippen LogP contribution in [0.2, 0.25) is 0 Å². The lowest BCUT2D eigenvalue weighted by Crippen LogP contribution is -2.52. The Morgan fingerprint density at radius 2 is 1.62 bits per heavy atom. The zero-order valence-electron chi connectivity index (χ0n) is 26.7. The van der Waals surface area contributed by atoms with Crippen LogP contribution < -0.4 is 16.4 Å². The number of amides is 1. The summed E-state index contributed by atoms with van der Waals surface area (Å²) in [7, 11) is 0. The number of carbonyl (C=O) groups is 1. The van der Waals surface area contributed by atoms with E-state index in [-0.39, 0.29) is 12.2 Å². The van der Waals surface area contributed by atoms with E-state index in [1.54, 1.807) is 0 Å². The fraction of sp³-hybridized carbons (Fsp3) is 0.914. The van der Waals surface area contributed by atoms with E-state index >= 15 is 0 Å². The average Bonchev–Trinajstić information content (AvgIpc) is 3.27. The van der Waals surface area contributed by atoms with Crippen molar-refractivity contribution in [2.75, 3.05) is 26.2 Å². The Kier molecular flexibility index (Phi) is 11.5. The molecule has 5 nitrogen and oxygen atoms in total. The van der Waals surface area contributed by atoms with E-state index < -0.39 is 0 Å². The van der Waals surface area contributed by atoms with Gasteiger partial charge in [0.25, 0.3) is 0 Å². The third kappa shape index (κ3) is 7.28. The van der Waals surface area contributed by atoms with E-state index in [9.17, 15) is 4.79 Å². The molecule has 40 heavy (non-hydrogen) atoms. The molecule has 0 aliphatic heterocycles. The molecule has 1 amide bonds. The third-order valence-electron chi connectivity index (χ3n) is 12.2. The Morgan fingerprint density at radius 3 is 2.40 bits per heavy atom. The molecule has 4 rings (SSSR count). The first-order chi connectivity index (χ1) is 19.2. The highest BCUT2D eigenvalue weighted by Gasteiger charge is 2.59. The molecule has 9 unspecified atom stereocenters. The van der Waals surface area contributed by atoms with Gasteiger partial charge in [0.2, 0.25) is 0 Å². The highest BCUT2D eigenvalue weighted by Crippen LogP contribution is 2.67. The molecule has 0 saturated heterocycles. The van der Waals surface area contributed by atoms with Crippen molar-refractivity contribution in [2.24, 2.45) is 58.0 Å². The van der Waals surface area contributed by atoms with Crippen molar-refractivity contribution in [2.45, 2.75) is 124 Å². The van der Waals surface area contributed by atoms with Crippen LogP contribution in [0.4, 0.5) is 4.79 Å². The van der Waals surface area contributed by atoms with Crippen LogP contribution in [-0.4, -0.2) is 38.4 Å². The second kappa shape index (κ2) is 14.4. The Balaban J connectivity index is 1.26. The molecule has 4 aliphatic rings. The first-order valence-electron chi connectivity index (χ1n) is 17.2. The maximum Gasteiger partial charge on any atom is 0.407 e. The number of hydrogen-bond donors (Lipinski definition) is 3. The van der Waals surface area contributed by atoms with E-state index in [0.29, 0.717) is 23.3 Å². The summed E-state index contributed by atoms with van der Waals surface area (Å²) >= 11 is 0. The summed E-state index contributed by atoms with van der Waals surface area (Å²) in [6.07, 6.45) is 21.1. The van der Waals surface area contributed by atoms with Crippen molar-refractivity contribution in [1.29, 1.82) is 0 Å². The highest BCUT2D eigenvalue weighted by atomic mass is 16.6. The van der Waals surface area contributed by atoms with Gasteiger partial charge in [-0.1, -0.05) is 66.0 Å². The summed E-state index contributed by atoms with van der Waals surface area (Å²) < 4.78 is 5.94. The van der Waals surface area contributed by atoms with Gasteiger partial charge in [-0.15, -0.1) is 0 Å².